The number of aliphatic hydroxyl groups excluding tert-OH is 1. The Hall–Kier alpha value is -3.02. The largest absolute Gasteiger partial charge is 0.474 e. The topological polar surface area (TPSA) is 91.8 Å². The number of alkyl halides is 3. The molecule has 1 fully saturated rings. The van der Waals surface area contributed by atoms with Gasteiger partial charge in [-0.2, -0.15) is 13.2 Å². The summed E-state index contributed by atoms with van der Waals surface area (Å²) in [6.45, 7) is 3.77. The molecule has 0 spiro atoms. The highest BCUT2D eigenvalue weighted by atomic mass is 32.2. The number of aryl methyl sites for hydroxylation is 1. The lowest BCUT2D eigenvalue weighted by atomic mass is 10.1. The maximum absolute atomic E-state index is 12.8. The van der Waals surface area contributed by atoms with E-state index >= 15 is 0 Å². The number of carbonyl (C=O) groups is 1. The van der Waals surface area contributed by atoms with E-state index in [2.05, 4.69) is 10.3 Å². The molecular weight excluding hydrogens is 531 g/mol. The van der Waals surface area contributed by atoms with E-state index in [0.717, 1.165) is 34.0 Å². The molecular formula is C28H34F3N3O4S. The number of nitrogens with one attached hydrogen (secondary N) is 1. The zero-order valence-corrected chi connectivity index (χ0v) is 23.1. The fraction of sp³-hybridized carbons (Fsp3) is 0.429. The highest BCUT2D eigenvalue weighted by Crippen LogP contribution is 2.29. The number of pyridine rings is 1. The lowest BCUT2D eigenvalue weighted by Crippen LogP contribution is -2.42. The summed E-state index contributed by atoms with van der Waals surface area (Å²) in [7, 11) is -0.0126. The van der Waals surface area contributed by atoms with Gasteiger partial charge >= 0.3 is 6.18 Å². The van der Waals surface area contributed by atoms with Crippen LogP contribution in [0.1, 0.15) is 41.4 Å². The van der Waals surface area contributed by atoms with Crippen molar-refractivity contribution in [1.29, 1.82) is 0 Å². The summed E-state index contributed by atoms with van der Waals surface area (Å²) in [5.74, 6) is 0.763. The summed E-state index contributed by atoms with van der Waals surface area (Å²) in [5, 5.41) is 11.5. The van der Waals surface area contributed by atoms with Gasteiger partial charge in [0.05, 0.1) is 17.3 Å². The summed E-state index contributed by atoms with van der Waals surface area (Å²) >= 11 is 0. The molecule has 1 aromatic heterocycles. The first kappa shape index (κ1) is 30.5. The third-order valence-electron chi connectivity index (χ3n) is 6.30. The van der Waals surface area contributed by atoms with Crippen LogP contribution in [-0.4, -0.2) is 69.9 Å². The number of rotatable bonds is 8. The van der Waals surface area contributed by atoms with E-state index in [0.29, 0.717) is 49.7 Å². The Balaban J connectivity index is 0.00000205. The molecule has 1 aliphatic heterocycles. The first-order valence-corrected chi connectivity index (χ1v) is 14.0. The SMILES string of the molecule is CCS(=O)c1ccc(CNC(=O)c2ccc3c(OC4CCN(CC(F)(F)F)CC4)nc(C)cc3c2)cc1.CO. The number of hydrogen-bond donors (Lipinski definition) is 2. The van der Waals surface area contributed by atoms with Crippen LogP contribution in [-0.2, 0) is 17.3 Å². The van der Waals surface area contributed by atoms with E-state index in [9.17, 15) is 22.2 Å². The molecule has 2 aromatic carbocycles. The van der Waals surface area contributed by atoms with Crippen LogP contribution in [0.3, 0.4) is 0 Å². The van der Waals surface area contributed by atoms with E-state index in [1.165, 1.54) is 4.90 Å². The minimum atomic E-state index is -4.20. The summed E-state index contributed by atoms with van der Waals surface area (Å²) < 4.78 is 56.0. The van der Waals surface area contributed by atoms with Crippen molar-refractivity contribution in [2.75, 3.05) is 32.5 Å². The van der Waals surface area contributed by atoms with E-state index in [1.54, 1.807) is 18.2 Å². The highest BCUT2D eigenvalue weighted by Gasteiger charge is 2.33. The molecule has 1 aliphatic rings. The van der Waals surface area contributed by atoms with Crippen molar-refractivity contribution in [3.63, 3.8) is 0 Å². The van der Waals surface area contributed by atoms with Crippen molar-refractivity contribution >= 4 is 27.5 Å². The number of nitrogens with zero attached hydrogens (tertiary/aromatic N) is 2. The lowest BCUT2D eigenvalue weighted by molar-refractivity contribution is -0.149. The molecule has 0 radical (unpaired) electrons. The molecule has 11 heteroatoms. The summed E-state index contributed by atoms with van der Waals surface area (Å²) in [6, 6.07) is 14.5. The third-order valence-corrected chi connectivity index (χ3v) is 7.63. The zero-order chi connectivity index (χ0) is 28.6. The second kappa shape index (κ2) is 13.9. The molecule has 7 nitrogen and oxygen atoms in total. The molecule has 212 valence electrons. The number of amides is 1. The molecule has 3 aromatic rings. The van der Waals surface area contributed by atoms with Gasteiger partial charge in [0, 0.05) is 54.0 Å². The second-order valence-corrected chi connectivity index (χ2v) is 10.9. The van der Waals surface area contributed by atoms with Gasteiger partial charge in [-0.3, -0.25) is 13.9 Å². The van der Waals surface area contributed by atoms with Gasteiger partial charge in [-0.15, -0.1) is 0 Å². The van der Waals surface area contributed by atoms with Crippen LogP contribution in [0.25, 0.3) is 10.8 Å². The molecule has 0 bridgehead atoms. The van der Waals surface area contributed by atoms with Crippen molar-refractivity contribution in [3.05, 3.63) is 65.4 Å². The van der Waals surface area contributed by atoms with Crippen LogP contribution in [0, 0.1) is 6.92 Å². The maximum atomic E-state index is 12.8. The lowest BCUT2D eigenvalue weighted by Gasteiger charge is -2.32. The number of fused-ring (bicyclic) bond motifs is 1. The summed E-state index contributed by atoms with van der Waals surface area (Å²) in [6.07, 6.45) is -3.44. The van der Waals surface area contributed by atoms with Crippen LogP contribution in [0.15, 0.2) is 53.4 Å². The van der Waals surface area contributed by atoms with Crippen molar-refractivity contribution in [3.8, 4) is 5.88 Å². The van der Waals surface area contributed by atoms with E-state index in [-0.39, 0.29) is 12.0 Å². The predicted molar refractivity (Wildman–Crippen MR) is 145 cm³/mol. The first-order valence-electron chi connectivity index (χ1n) is 12.7. The summed E-state index contributed by atoms with van der Waals surface area (Å²) in [5.41, 5.74) is 2.12. The molecule has 4 rings (SSSR count). The fourth-order valence-electron chi connectivity index (χ4n) is 4.39. The second-order valence-electron chi connectivity index (χ2n) is 9.17. The zero-order valence-electron chi connectivity index (χ0n) is 22.3. The van der Waals surface area contributed by atoms with Crippen LogP contribution < -0.4 is 10.1 Å². The van der Waals surface area contributed by atoms with Crippen molar-refractivity contribution < 1.29 is 32.0 Å². The Morgan fingerprint density at radius 3 is 2.41 bits per heavy atom. The first-order chi connectivity index (χ1) is 18.6. The number of benzene rings is 2. The average Bonchev–Trinajstić information content (AvgIpc) is 2.92. The molecule has 1 unspecified atom stereocenters. The van der Waals surface area contributed by atoms with Gasteiger partial charge in [0.15, 0.2) is 0 Å². The monoisotopic (exact) mass is 565 g/mol. The molecule has 39 heavy (non-hydrogen) atoms. The smallest absolute Gasteiger partial charge is 0.401 e. The van der Waals surface area contributed by atoms with Crippen LogP contribution in [0.5, 0.6) is 5.88 Å². The molecule has 0 saturated carbocycles. The van der Waals surface area contributed by atoms with Gasteiger partial charge < -0.3 is 15.2 Å². The van der Waals surface area contributed by atoms with Crippen molar-refractivity contribution in [2.45, 2.75) is 50.4 Å². The molecule has 1 amide bonds. The van der Waals surface area contributed by atoms with E-state index < -0.39 is 23.5 Å². The number of aromatic nitrogens is 1. The van der Waals surface area contributed by atoms with Gasteiger partial charge in [0.25, 0.3) is 5.91 Å². The Bertz CT molecular complexity index is 1280. The molecule has 2 N–H and O–H groups in total. The van der Waals surface area contributed by atoms with Crippen molar-refractivity contribution in [1.82, 2.24) is 15.2 Å². The standard InChI is InChI=1S/C27H30F3N3O3S.CH4O/c1-3-37(35)23-7-4-19(5-8-23)16-31-25(34)20-6-9-24-21(15-20)14-18(2)32-26(24)36-22-10-12-33(13-11-22)17-27(28,29)30;1-2/h4-9,14-15,22H,3,10-13,16-17H2,1-2H3,(H,31,34);2H,1H3. The van der Waals surface area contributed by atoms with E-state index in [1.807, 2.05) is 44.2 Å². The highest BCUT2D eigenvalue weighted by molar-refractivity contribution is 7.85. The maximum Gasteiger partial charge on any atom is 0.401 e. The number of halogens is 3. The Labute approximate surface area is 228 Å². The van der Waals surface area contributed by atoms with Gasteiger partial charge in [0.2, 0.25) is 5.88 Å². The minimum absolute atomic E-state index is 0.217. The third kappa shape index (κ3) is 8.74. The average molecular weight is 566 g/mol. The Kier molecular flexibility index (Phi) is 10.8. The van der Waals surface area contributed by atoms with Crippen molar-refractivity contribution in [2.24, 2.45) is 0 Å². The quantitative estimate of drug-likeness (QED) is 0.415. The van der Waals surface area contributed by atoms with Gasteiger partial charge in [-0.05, 0) is 67.1 Å². The van der Waals surface area contributed by atoms with Crippen LogP contribution in [0.2, 0.25) is 0 Å². The van der Waals surface area contributed by atoms with E-state index in [4.69, 9.17) is 9.84 Å². The van der Waals surface area contributed by atoms with Gasteiger partial charge in [-0.1, -0.05) is 19.1 Å². The molecule has 0 aliphatic carbocycles. The number of carbonyl (C=O) groups excluding carboxylic acids is 1. The molecule has 2 heterocycles. The minimum Gasteiger partial charge on any atom is -0.474 e. The Morgan fingerprint density at radius 2 is 1.79 bits per heavy atom. The fourth-order valence-corrected chi connectivity index (χ4v) is 5.17. The summed E-state index contributed by atoms with van der Waals surface area (Å²) in [4.78, 5) is 19.5. The molecule has 1 atom stereocenters. The number of likely N-dealkylation sites (tertiary alicyclic amines) is 1. The van der Waals surface area contributed by atoms with Crippen LogP contribution in [0.4, 0.5) is 13.2 Å². The number of ether oxygens (including phenoxy) is 1. The Morgan fingerprint density at radius 1 is 1.13 bits per heavy atom. The molecule has 1 saturated heterocycles. The van der Waals surface area contributed by atoms with Gasteiger partial charge in [0.1, 0.15) is 6.10 Å². The number of piperidine rings is 1. The number of aliphatic hydroxyl groups is 1. The number of hydrogen-bond acceptors (Lipinski definition) is 6. The van der Waals surface area contributed by atoms with Crippen LogP contribution >= 0.6 is 0 Å². The predicted octanol–water partition coefficient (Wildman–Crippen LogP) is 4.61. The van der Waals surface area contributed by atoms with Gasteiger partial charge in [-0.25, -0.2) is 4.98 Å². The normalized spacial score (nSPS) is 15.4.